The molecule has 5 nitrogen and oxygen atoms in total. The van der Waals surface area contributed by atoms with E-state index < -0.39 is 0 Å². The third-order valence-corrected chi connectivity index (χ3v) is 3.27. The molecule has 1 aromatic heterocycles. The zero-order valence-electron chi connectivity index (χ0n) is 9.79. The van der Waals surface area contributed by atoms with E-state index in [-0.39, 0.29) is 5.91 Å². The zero-order chi connectivity index (χ0) is 11.7. The van der Waals surface area contributed by atoms with Crippen molar-refractivity contribution in [1.82, 2.24) is 15.1 Å². The largest absolute Gasteiger partial charge is 0.395 e. The predicted molar refractivity (Wildman–Crippen MR) is 62.0 cm³/mol. The van der Waals surface area contributed by atoms with Crippen molar-refractivity contribution in [1.29, 1.82) is 0 Å². The van der Waals surface area contributed by atoms with E-state index in [0.717, 1.165) is 31.6 Å². The molecule has 1 saturated heterocycles. The van der Waals surface area contributed by atoms with Gasteiger partial charge in [0.15, 0.2) is 5.69 Å². The second-order valence-corrected chi connectivity index (χ2v) is 4.59. The van der Waals surface area contributed by atoms with Crippen LogP contribution in [-0.2, 0) is 0 Å². The Bertz CT molecular complexity index is 391. The number of anilines is 1. The Balaban J connectivity index is 2.11. The molecule has 2 rings (SSSR count). The van der Waals surface area contributed by atoms with Crippen LogP contribution in [0, 0.1) is 12.8 Å². The molecule has 0 spiro atoms. The number of nitrogens with two attached hydrogens (primary N) is 1. The topological polar surface area (TPSA) is 75.0 Å². The third kappa shape index (κ3) is 1.89. The molecule has 0 aromatic carbocycles. The SMILES string of the molecule is Cc1[nH]nc(C(=O)N2CCC(C)CC2)c1N. The fourth-order valence-electron chi connectivity index (χ4n) is 1.96. The summed E-state index contributed by atoms with van der Waals surface area (Å²) < 4.78 is 0. The Morgan fingerprint density at radius 2 is 2.12 bits per heavy atom. The quantitative estimate of drug-likeness (QED) is 0.749. The number of amides is 1. The van der Waals surface area contributed by atoms with Gasteiger partial charge >= 0.3 is 0 Å². The number of aromatic nitrogens is 2. The van der Waals surface area contributed by atoms with Crippen molar-refractivity contribution in [2.75, 3.05) is 18.8 Å². The normalized spacial score (nSPS) is 17.8. The lowest BCUT2D eigenvalue weighted by Crippen LogP contribution is -2.38. The summed E-state index contributed by atoms with van der Waals surface area (Å²) >= 11 is 0. The van der Waals surface area contributed by atoms with E-state index in [1.165, 1.54) is 0 Å². The maximum Gasteiger partial charge on any atom is 0.276 e. The lowest BCUT2D eigenvalue weighted by Gasteiger charge is -2.29. The summed E-state index contributed by atoms with van der Waals surface area (Å²) in [5.41, 5.74) is 7.40. The number of aromatic amines is 1. The average Bonchev–Trinajstić information content (AvgIpc) is 2.60. The Morgan fingerprint density at radius 3 is 2.62 bits per heavy atom. The van der Waals surface area contributed by atoms with Gasteiger partial charge in [0.25, 0.3) is 5.91 Å². The molecule has 0 unspecified atom stereocenters. The lowest BCUT2D eigenvalue weighted by molar-refractivity contribution is 0.0692. The molecule has 0 radical (unpaired) electrons. The summed E-state index contributed by atoms with van der Waals surface area (Å²) in [5, 5.41) is 6.71. The van der Waals surface area contributed by atoms with Gasteiger partial charge in [0.05, 0.1) is 11.4 Å². The highest BCUT2D eigenvalue weighted by Gasteiger charge is 2.25. The smallest absolute Gasteiger partial charge is 0.276 e. The van der Waals surface area contributed by atoms with Gasteiger partial charge < -0.3 is 10.6 Å². The minimum Gasteiger partial charge on any atom is -0.395 e. The van der Waals surface area contributed by atoms with Crippen LogP contribution in [0.2, 0.25) is 0 Å². The number of piperidine rings is 1. The number of rotatable bonds is 1. The van der Waals surface area contributed by atoms with Crippen LogP contribution >= 0.6 is 0 Å². The Labute approximate surface area is 95.0 Å². The molecule has 1 fully saturated rings. The van der Waals surface area contributed by atoms with E-state index in [4.69, 9.17) is 5.73 Å². The molecule has 1 aromatic rings. The highest BCUT2D eigenvalue weighted by atomic mass is 16.2. The van der Waals surface area contributed by atoms with Crippen LogP contribution in [0.1, 0.15) is 35.9 Å². The number of carbonyl (C=O) groups is 1. The van der Waals surface area contributed by atoms with Crippen LogP contribution < -0.4 is 5.73 Å². The third-order valence-electron chi connectivity index (χ3n) is 3.27. The maximum atomic E-state index is 12.1. The first-order valence-electron chi connectivity index (χ1n) is 5.69. The highest BCUT2D eigenvalue weighted by Crippen LogP contribution is 2.20. The Morgan fingerprint density at radius 1 is 1.50 bits per heavy atom. The number of hydrogen-bond donors (Lipinski definition) is 2. The van der Waals surface area contributed by atoms with Crippen LogP contribution in [0.3, 0.4) is 0 Å². The fraction of sp³-hybridized carbons (Fsp3) is 0.636. The monoisotopic (exact) mass is 222 g/mol. The number of carbonyl (C=O) groups excluding carboxylic acids is 1. The second-order valence-electron chi connectivity index (χ2n) is 4.59. The molecule has 3 N–H and O–H groups in total. The van der Waals surface area contributed by atoms with E-state index in [1.807, 2.05) is 11.8 Å². The van der Waals surface area contributed by atoms with Crippen LogP contribution in [0.4, 0.5) is 5.69 Å². The summed E-state index contributed by atoms with van der Waals surface area (Å²) in [6, 6.07) is 0. The van der Waals surface area contributed by atoms with Crippen molar-refractivity contribution in [2.24, 2.45) is 5.92 Å². The molecule has 88 valence electrons. The number of aryl methyl sites for hydroxylation is 1. The van der Waals surface area contributed by atoms with Gasteiger partial charge in [-0.05, 0) is 25.7 Å². The molecule has 0 atom stereocenters. The number of likely N-dealkylation sites (tertiary alicyclic amines) is 1. The van der Waals surface area contributed by atoms with Crippen LogP contribution in [0.25, 0.3) is 0 Å². The first-order chi connectivity index (χ1) is 7.59. The summed E-state index contributed by atoms with van der Waals surface area (Å²) in [7, 11) is 0. The van der Waals surface area contributed by atoms with Gasteiger partial charge in [0, 0.05) is 13.1 Å². The Hall–Kier alpha value is -1.52. The summed E-state index contributed by atoms with van der Waals surface area (Å²) in [6.45, 7) is 5.66. The molecule has 0 aliphatic carbocycles. The summed E-state index contributed by atoms with van der Waals surface area (Å²) in [4.78, 5) is 13.9. The van der Waals surface area contributed by atoms with E-state index >= 15 is 0 Å². The predicted octanol–water partition coefficient (Wildman–Crippen LogP) is 1.17. The molecule has 1 amide bonds. The minimum atomic E-state index is -0.0475. The standard InChI is InChI=1S/C11H18N4O/c1-7-3-5-15(6-4-7)11(16)10-9(12)8(2)13-14-10/h7H,3-6,12H2,1-2H3,(H,13,14). The lowest BCUT2D eigenvalue weighted by atomic mass is 9.99. The van der Waals surface area contributed by atoms with E-state index in [9.17, 15) is 4.79 Å². The van der Waals surface area contributed by atoms with E-state index in [0.29, 0.717) is 17.3 Å². The van der Waals surface area contributed by atoms with Crippen LogP contribution in [0.15, 0.2) is 0 Å². The van der Waals surface area contributed by atoms with Gasteiger partial charge in [0.2, 0.25) is 0 Å². The van der Waals surface area contributed by atoms with Crippen molar-refractivity contribution in [2.45, 2.75) is 26.7 Å². The number of nitrogen functional groups attached to an aromatic ring is 1. The molecule has 1 aliphatic heterocycles. The first kappa shape index (κ1) is 11.0. The van der Waals surface area contributed by atoms with Gasteiger partial charge in [-0.25, -0.2) is 0 Å². The van der Waals surface area contributed by atoms with Crippen molar-refractivity contribution in [3.63, 3.8) is 0 Å². The minimum absolute atomic E-state index is 0.0475. The van der Waals surface area contributed by atoms with Gasteiger partial charge in [-0.15, -0.1) is 0 Å². The number of H-pyrrole nitrogens is 1. The molecule has 0 saturated carbocycles. The molecule has 2 heterocycles. The van der Waals surface area contributed by atoms with Crippen molar-refractivity contribution in [3.05, 3.63) is 11.4 Å². The molecule has 16 heavy (non-hydrogen) atoms. The molecule has 0 bridgehead atoms. The second kappa shape index (κ2) is 4.15. The van der Waals surface area contributed by atoms with E-state index in [2.05, 4.69) is 17.1 Å². The summed E-state index contributed by atoms with van der Waals surface area (Å²) in [5.74, 6) is 0.663. The summed E-state index contributed by atoms with van der Waals surface area (Å²) in [6.07, 6.45) is 2.13. The number of nitrogens with one attached hydrogen (secondary N) is 1. The van der Waals surface area contributed by atoms with Gasteiger partial charge in [-0.2, -0.15) is 5.10 Å². The zero-order valence-corrected chi connectivity index (χ0v) is 9.79. The average molecular weight is 222 g/mol. The number of hydrogen-bond acceptors (Lipinski definition) is 3. The molecular formula is C11H18N4O. The Kier molecular flexibility index (Phi) is 2.85. The highest BCUT2D eigenvalue weighted by molar-refractivity contribution is 5.97. The van der Waals surface area contributed by atoms with Crippen molar-refractivity contribution < 1.29 is 4.79 Å². The molecular weight excluding hydrogens is 204 g/mol. The fourth-order valence-corrected chi connectivity index (χ4v) is 1.96. The maximum absolute atomic E-state index is 12.1. The first-order valence-corrected chi connectivity index (χ1v) is 5.69. The van der Waals surface area contributed by atoms with Gasteiger partial charge in [0.1, 0.15) is 0 Å². The van der Waals surface area contributed by atoms with Crippen molar-refractivity contribution >= 4 is 11.6 Å². The molecule has 5 heteroatoms. The van der Waals surface area contributed by atoms with Gasteiger partial charge in [-0.3, -0.25) is 9.89 Å². The van der Waals surface area contributed by atoms with Gasteiger partial charge in [-0.1, -0.05) is 6.92 Å². The molecule has 1 aliphatic rings. The number of nitrogens with zero attached hydrogens (tertiary/aromatic N) is 2. The van der Waals surface area contributed by atoms with Crippen LogP contribution in [0.5, 0.6) is 0 Å². The van der Waals surface area contributed by atoms with Crippen molar-refractivity contribution in [3.8, 4) is 0 Å². The van der Waals surface area contributed by atoms with E-state index in [1.54, 1.807) is 0 Å². The van der Waals surface area contributed by atoms with Crippen LogP contribution in [-0.4, -0.2) is 34.1 Å².